The van der Waals surface area contributed by atoms with Gasteiger partial charge in [0.05, 0.1) is 0 Å². The van der Waals surface area contributed by atoms with Crippen molar-refractivity contribution >= 4 is 27.1 Å². The molecule has 0 bridgehead atoms. The molecule has 1 atom stereocenters. The van der Waals surface area contributed by atoms with Crippen molar-refractivity contribution in [3.63, 3.8) is 0 Å². The number of nitrogens with one attached hydrogen (secondary N) is 2. The van der Waals surface area contributed by atoms with Crippen LogP contribution in [-0.4, -0.2) is 19.1 Å². The second-order valence-corrected chi connectivity index (χ2v) is 6.77. The Balaban J connectivity index is 1.82. The van der Waals surface area contributed by atoms with Crippen molar-refractivity contribution in [1.29, 1.82) is 0 Å². The standard InChI is InChI=1S/C15H20N2S/c1-15(2)10-16-7-5-14(15)17-12-3-4-13-11(9-12)6-8-18-13/h3-4,6,8-9,14,16-17H,5,7,10H2,1-2H3. The Labute approximate surface area is 112 Å². The van der Waals surface area contributed by atoms with Gasteiger partial charge < -0.3 is 10.6 Å². The topological polar surface area (TPSA) is 24.1 Å². The quantitative estimate of drug-likeness (QED) is 0.860. The summed E-state index contributed by atoms with van der Waals surface area (Å²) in [5, 5.41) is 10.7. The van der Waals surface area contributed by atoms with E-state index in [1.165, 1.54) is 22.2 Å². The van der Waals surface area contributed by atoms with Crippen LogP contribution in [0.5, 0.6) is 0 Å². The first-order valence-corrected chi connectivity index (χ1v) is 7.48. The summed E-state index contributed by atoms with van der Waals surface area (Å²) in [5.74, 6) is 0. The summed E-state index contributed by atoms with van der Waals surface area (Å²) in [5.41, 5.74) is 1.56. The first-order chi connectivity index (χ1) is 8.65. The largest absolute Gasteiger partial charge is 0.382 e. The molecular weight excluding hydrogens is 240 g/mol. The van der Waals surface area contributed by atoms with Gasteiger partial charge in [0, 0.05) is 23.0 Å². The van der Waals surface area contributed by atoms with Gasteiger partial charge in [-0.3, -0.25) is 0 Å². The normalized spacial score (nSPS) is 23.1. The van der Waals surface area contributed by atoms with E-state index in [1.807, 2.05) is 0 Å². The maximum Gasteiger partial charge on any atom is 0.0349 e. The fourth-order valence-corrected chi connectivity index (χ4v) is 3.47. The van der Waals surface area contributed by atoms with E-state index in [0.717, 1.165) is 13.1 Å². The van der Waals surface area contributed by atoms with Gasteiger partial charge >= 0.3 is 0 Å². The van der Waals surface area contributed by atoms with E-state index in [9.17, 15) is 0 Å². The van der Waals surface area contributed by atoms with E-state index in [1.54, 1.807) is 11.3 Å². The third kappa shape index (κ3) is 2.25. The summed E-state index contributed by atoms with van der Waals surface area (Å²) in [4.78, 5) is 0. The summed E-state index contributed by atoms with van der Waals surface area (Å²) < 4.78 is 1.37. The summed E-state index contributed by atoms with van der Waals surface area (Å²) in [6.45, 7) is 6.87. The van der Waals surface area contributed by atoms with Gasteiger partial charge in [-0.25, -0.2) is 0 Å². The van der Waals surface area contributed by atoms with Crippen molar-refractivity contribution in [3.8, 4) is 0 Å². The first kappa shape index (κ1) is 12.0. The lowest BCUT2D eigenvalue weighted by Gasteiger charge is -2.40. The van der Waals surface area contributed by atoms with Gasteiger partial charge in [-0.05, 0) is 53.4 Å². The van der Waals surface area contributed by atoms with Crippen molar-refractivity contribution < 1.29 is 0 Å². The number of anilines is 1. The molecule has 2 N–H and O–H groups in total. The Morgan fingerprint density at radius 2 is 2.22 bits per heavy atom. The highest BCUT2D eigenvalue weighted by Crippen LogP contribution is 2.30. The van der Waals surface area contributed by atoms with Crippen LogP contribution in [0.25, 0.3) is 10.1 Å². The van der Waals surface area contributed by atoms with Gasteiger partial charge in [-0.2, -0.15) is 0 Å². The van der Waals surface area contributed by atoms with Crippen LogP contribution >= 0.6 is 11.3 Å². The number of thiophene rings is 1. The van der Waals surface area contributed by atoms with Crippen LogP contribution in [0.2, 0.25) is 0 Å². The van der Waals surface area contributed by atoms with Crippen LogP contribution in [0.3, 0.4) is 0 Å². The van der Waals surface area contributed by atoms with E-state index in [2.05, 4.69) is 54.1 Å². The van der Waals surface area contributed by atoms with Crippen molar-refractivity contribution in [2.75, 3.05) is 18.4 Å². The van der Waals surface area contributed by atoms with E-state index < -0.39 is 0 Å². The van der Waals surface area contributed by atoms with Gasteiger partial charge in [0.2, 0.25) is 0 Å². The van der Waals surface area contributed by atoms with Crippen LogP contribution in [0.4, 0.5) is 5.69 Å². The Hall–Kier alpha value is -1.06. The predicted molar refractivity (Wildman–Crippen MR) is 80.5 cm³/mol. The minimum absolute atomic E-state index is 0.307. The fourth-order valence-electron chi connectivity index (χ4n) is 2.70. The van der Waals surface area contributed by atoms with Crippen molar-refractivity contribution in [3.05, 3.63) is 29.6 Å². The number of rotatable bonds is 2. The molecule has 96 valence electrons. The molecule has 0 spiro atoms. The Bertz CT molecular complexity index is 544. The third-order valence-electron chi connectivity index (χ3n) is 3.93. The monoisotopic (exact) mass is 260 g/mol. The zero-order chi connectivity index (χ0) is 12.6. The predicted octanol–water partition coefficient (Wildman–Crippen LogP) is 3.70. The van der Waals surface area contributed by atoms with E-state index in [4.69, 9.17) is 0 Å². The number of benzene rings is 1. The molecular formula is C15H20N2S. The molecule has 1 aromatic heterocycles. The molecule has 0 aliphatic carbocycles. The second kappa shape index (κ2) is 4.56. The lowest BCUT2D eigenvalue weighted by molar-refractivity contribution is 0.236. The molecule has 1 aromatic carbocycles. The van der Waals surface area contributed by atoms with Crippen LogP contribution in [-0.2, 0) is 0 Å². The maximum atomic E-state index is 3.72. The SMILES string of the molecule is CC1(C)CNCCC1Nc1ccc2sccc2c1. The van der Waals surface area contributed by atoms with Crippen molar-refractivity contribution in [2.24, 2.45) is 5.41 Å². The van der Waals surface area contributed by atoms with Gasteiger partial charge in [0.25, 0.3) is 0 Å². The minimum atomic E-state index is 0.307. The highest BCUT2D eigenvalue weighted by atomic mass is 32.1. The van der Waals surface area contributed by atoms with Gasteiger partial charge in [-0.15, -0.1) is 11.3 Å². The smallest absolute Gasteiger partial charge is 0.0349 e. The van der Waals surface area contributed by atoms with Gasteiger partial charge in [-0.1, -0.05) is 13.8 Å². The molecule has 1 fully saturated rings. The highest BCUT2D eigenvalue weighted by molar-refractivity contribution is 7.17. The summed E-state index contributed by atoms with van der Waals surface area (Å²) in [6.07, 6.45) is 1.19. The minimum Gasteiger partial charge on any atom is -0.382 e. The molecule has 1 unspecified atom stereocenters. The number of piperidine rings is 1. The zero-order valence-electron chi connectivity index (χ0n) is 11.0. The highest BCUT2D eigenvalue weighted by Gasteiger charge is 2.31. The molecule has 1 saturated heterocycles. The van der Waals surface area contributed by atoms with Gasteiger partial charge in [0.15, 0.2) is 0 Å². The van der Waals surface area contributed by atoms with E-state index in [0.29, 0.717) is 11.5 Å². The third-order valence-corrected chi connectivity index (χ3v) is 4.82. The van der Waals surface area contributed by atoms with E-state index in [-0.39, 0.29) is 0 Å². The Morgan fingerprint density at radius 3 is 3.06 bits per heavy atom. The molecule has 2 aromatic rings. The van der Waals surface area contributed by atoms with Crippen LogP contribution < -0.4 is 10.6 Å². The Morgan fingerprint density at radius 1 is 1.33 bits per heavy atom. The second-order valence-electron chi connectivity index (χ2n) is 5.82. The van der Waals surface area contributed by atoms with E-state index >= 15 is 0 Å². The van der Waals surface area contributed by atoms with Crippen LogP contribution in [0.15, 0.2) is 29.6 Å². The molecule has 18 heavy (non-hydrogen) atoms. The number of fused-ring (bicyclic) bond motifs is 1. The van der Waals surface area contributed by atoms with Crippen molar-refractivity contribution in [2.45, 2.75) is 26.3 Å². The number of hydrogen-bond donors (Lipinski definition) is 2. The van der Waals surface area contributed by atoms with Crippen molar-refractivity contribution in [1.82, 2.24) is 5.32 Å². The molecule has 0 amide bonds. The average molecular weight is 260 g/mol. The average Bonchev–Trinajstić information content (AvgIpc) is 2.79. The first-order valence-electron chi connectivity index (χ1n) is 6.60. The lowest BCUT2D eigenvalue weighted by Crippen LogP contribution is -2.49. The zero-order valence-corrected chi connectivity index (χ0v) is 11.8. The molecule has 2 heterocycles. The lowest BCUT2D eigenvalue weighted by atomic mass is 9.80. The fraction of sp³-hybridized carbons (Fsp3) is 0.467. The Kier molecular flexibility index (Phi) is 3.04. The maximum absolute atomic E-state index is 3.72. The molecule has 0 radical (unpaired) electrons. The summed E-state index contributed by atoms with van der Waals surface area (Å²) >= 11 is 1.80. The molecule has 3 heteroatoms. The molecule has 3 rings (SSSR count). The number of hydrogen-bond acceptors (Lipinski definition) is 3. The molecule has 2 nitrogen and oxygen atoms in total. The van der Waals surface area contributed by atoms with Crippen LogP contribution in [0, 0.1) is 5.41 Å². The molecule has 1 aliphatic heterocycles. The molecule has 1 aliphatic rings. The van der Waals surface area contributed by atoms with Gasteiger partial charge in [0.1, 0.15) is 0 Å². The summed E-state index contributed by atoms with van der Waals surface area (Å²) in [7, 11) is 0. The van der Waals surface area contributed by atoms with Crippen LogP contribution in [0.1, 0.15) is 20.3 Å². The molecule has 0 saturated carbocycles. The summed E-state index contributed by atoms with van der Waals surface area (Å²) in [6, 6.07) is 9.44.